The summed E-state index contributed by atoms with van der Waals surface area (Å²) >= 11 is 3.26. The number of aromatic nitrogens is 2. The van der Waals surface area contributed by atoms with Crippen LogP contribution in [-0.4, -0.2) is 29.8 Å². The fraction of sp³-hybridized carbons (Fsp3) is 0.600. The highest BCUT2D eigenvalue weighted by Gasteiger charge is 2.06. The van der Waals surface area contributed by atoms with Gasteiger partial charge in [0.2, 0.25) is 5.88 Å². The van der Waals surface area contributed by atoms with Gasteiger partial charge in [-0.2, -0.15) is 0 Å². The second-order valence-corrected chi connectivity index (χ2v) is 4.49. The van der Waals surface area contributed by atoms with E-state index in [2.05, 4.69) is 39.7 Å². The molecule has 1 heterocycles. The van der Waals surface area contributed by atoms with Gasteiger partial charge in [-0.25, -0.2) is 9.97 Å². The van der Waals surface area contributed by atoms with Crippen LogP contribution in [0.4, 0.5) is 5.82 Å². The molecule has 0 amide bonds. The number of hydrogen-bond donors (Lipinski definition) is 1. The number of nitrogens with zero attached hydrogens (tertiary/aromatic N) is 2. The molecular weight excluding hydrogens is 274 g/mol. The van der Waals surface area contributed by atoms with Crippen molar-refractivity contribution in [3.05, 3.63) is 10.8 Å². The molecule has 5 nitrogen and oxygen atoms in total. The molecule has 1 aromatic heterocycles. The lowest BCUT2D eigenvalue weighted by molar-refractivity contribution is 0.0804. The van der Waals surface area contributed by atoms with Gasteiger partial charge in [0.25, 0.3) is 0 Å². The molecule has 0 aliphatic heterocycles. The number of anilines is 1. The maximum atomic E-state index is 5.58. The molecule has 0 saturated carbocycles. The molecule has 0 saturated heterocycles. The summed E-state index contributed by atoms with van der Waals surface area (Å²) in [6, 6.07) is 0. The highest BCUT2D eigenvalue weighted by Crippen LogP contribution is 2.25. The Morgan fingerprint density at radius 2 is 2.12 bits per heavy atom. The number of halogens is 1. The zero-order valence-electron chi connectivity index (χ0n) is 9.44. The largest absolute Gasteiger partial charge is 0.474 e. The minimum absolute atomic E-state index is 0.369. The van der Waals surface area contributed by atoms with Gasteiger partial charge >= 0.3 is 0 Å². The Labute approximate surface area is 103 Å². The van der Waals surface area contributed by atoms with Crippen molar-refractivity contribution in [2.75, 3.05) is 25.6 Å². The summed E-state index contributed by atoms with van der Waals surface area (Å²) in [5.41, 5.74) is 5.58. The second kappa shape index (κ2) is 6.65. The van der Waals surface area contributed by atoms with Crippen molar-refractivity contribution in [3.63, 3.8) is 0 Å². The zero-order valence-corrected chi connectivity index (χ0v) is 11.0. The van der Waals surface area contributed by atoms with Crippen molar-refractivity contribution in [1.82, 2.24) is 9.97 Å². The van der Waals surface area contributed by atoms with Gasteiger partial charge in [0.15, 0.2) is 0 Å². The van der Waals surface area contributed by atoms with E-state index in [0.717, 1.165) is 6.61 Å². The Balaban J connectivity index is 2.29. The molecule has 1 rings (SSSR count). The maximum Gasteiger partial charge on any atom is 0.233 e. The lowest BCUT2D eigenvalue weighted by Gasteiger charge is -2.09. The predicted molar refractivity (Wildman–Crippen MR) is 65.3 cm³/mol. The fourth-order valence-corrected chi connectivity index (χ4v) is 1.30. The Morgan fingerprint density at radius 3 is 2.81 bits per heavy atom. The third-order valence-corrected chi connectivity index (χ3v) is 2.45. The average Bonchev–Trinajstić information content (AvgIpc) is 2.23. The summed E-state index contributed by atoms with van der Waals surface area (Å²) in [5.74, 6) is 1.34. The molecular formula is C10H16BrN3O2. The molecule has 0 fully saturated rings. The van der Waals surface area contributed by atoms with E-state index in [0.29, 0.717) is 35.3 Å². The van der Waals surface area contributed by atoms with E-state index >= 15 is 0 Å². The Morgan fingerprint density at radius 1 is 1.38 bits per heavy atom. The van der Waals surface area contributed by atoms with Crippen LogP contribution in [0, 0.1) is 5.92 Å². The Hall–Kier alpha value is -0.880. The number of nitrogen functional groups attached to an aromatic ring is 1. The molecule has 0 spiro atoms. The van der Waals surface area contributed by atoms with Crippen LogP contribution < -0.4 is 10.5 Å². The van der Waals surface area contributed by atoms with Crippen LogP contribution in [0.25, 0.3) is 0 Å². The van der Waals surface area contributed by atoms with Crippen LogP contribution in [-0.2, 0) is 4.74 Å². The highest BCUT2D eigenvalue weighted by molar-refractivity contribution is 9.10. The molecule has 6 heteroatoms. The number of rotatable bonds is 6. The van der Waals surface area contributed by atoms with Crippen molar-refractivity contribution >= 4 is 21.7 Å². The van der Waals surface area contributed by atoms with Crippen molar-refractivity contribution in [2.24, 2.45) is 5.92 Å². The Bertz CT molecular complexity index is 334. The first kappa shape index (κ1) is 13.2. The summed E-state index contributed by atoms with van der Waals surface area (Å²) in [6.45, 7) is 5.91. The van der Waals surface area contributed by atoms with Crippen LogP contribution in [0.1, 0.15) is 13.8 Å². The third-order valence-electron chi connectivity index (χ3n) is 1.70. The lowest BCUT2D eigenvalue weighted by Crippen LogP contribution is -2.11. The van der Waals surface area contributed by atoms with E-state index in [-0.39, 0.29) is 0 Å². The van der Waals surface area contributed by atoms with Gasteiger partial charge < -0.3 is 15.2 Å². The summed E-state index contributed by atoms with van der Waals surface area (Å²) in [6.07, 6.45) is 1.37. The molecule has 0 aromatic carbocycles. The van der Waals surface area contributed by atoms with Gasteiger partial charge in [0.05, 0.1) is 6.61 Å². The van der Waals surface area contributed by atoms with Crippen LogP contribution in [0.3, 0.4) is 0 Å². The van der Waals surface area contributed by atoms with Gasteiger partial charge in [-0.1, -0.05) is 13.8 Å². The minimum atomic E-state index is 0.369. The van der Waals surface area contributed by atoms with E-state index < -0.39 is 0 Å². The SMILES string of the molecule is CC(C)COCCOc1ncnc(N)c1Br. The third kappa shape index (κ3) is 4.32. The fourth-order valence-electron chi connectivity index (χ4n) is 0.983. The standard InChI is InChI=1S/C10H16BrN3O2/c1-7(2)5-15-3-4-16-10-8(11)9(12)13-6-14-10/h6-7H,3-5H2,1-2H3,(H2,12,13,14). The molecule has 0 atom stereocenters. The van der Waals surface area contributed by atoms with E-state index in [1.165, 1.54) is 6.33 Å². The molecule has 0 aliphatic rings. The first-order valence-electron chi connectivity index (χ1n) is 5.07. The van der Waals surface area contributed by atoms with Crippen LogP contribution in [0.2, 0.25) is 0 Å². The normalized spacial score (nSPS) is 10.8. The molecule has 1 aromatic rings. The van der Waals surface area contributed by atoms with E-state index in [9.17, 15) is 0 Å². The first-order valence-corrected chi connectivity index (χ1v) is 5.87. The molecule has 16 heavy (non-hydrogen) atoms. The molecule has 0 radical (unpaired) electrons. The van der Waals surface area contributed by atoms with Crippen LogP contribution >= 0.6 is 15.9 Å². The molecule has 0 bridgehead atoms. The van der Waals surface area contributed by atoms with Crippen molar-refractivity contribution in [2.45, 2.75) is 13.8 Å². The quantitative estimate of drug-likeness (QED) is 0.810. The van der Waals surface area contributed by atoms with Gasteiger partial charge in [0.1, 0.15) is 23.2 Å². The number of ether oxygens (including phenoxy) is 2. The van der Waals surface area contributed by atoms with Gasteiger partial charge in [-0.05, 0) is 21.8 Å². The summed E-state index contributed by atoms with van der Waals surface area (Å²) in [5, 5.41) is 0. The molecule has 2 N–H and O–H groups in total. The minimum Gasteiger partial charge on any atom is -0.474 e. The summed E-state index contributed by atoms with van der Waals surface area (Å²) < 4.78 is 11.4. The monoisotopic (exact) mass is 289 g/mol. The maximum absolute atomic E-state index is 5.58. The molecule has 0 unspecified atom stereocenters. The summed E-state index contributed by atoms with van der Waals surface area (Å²) in [7, 11) is 0. The van der Waals surface area contributed by atoms with Crippen LogP contribution in [0.5, 0.6) is 5.88 Å². The molecule has 90 valence electrons. The topological polar surface area (TPSA) is 70.3 Å². The van der Waals surface area contributed by atoms with Crippen LogP contribution in [0.15, 0.2) is 10.8 Å². The van der Waals surface area contributed by atoms with Crippen molar-refractivity contribution in [3.8, 4) is 5.88 Å². The second-order valence-electron chi connectivity index (χ2n) is 3.70. The molecule has 0 aliphatic carbocycles. The van der Waals surface area contributed by atoms with Crippen molar-refractivity contribution < 1.29 is 9.47 Å². The van der Waals surface area contributed by atoms with E-state index in [4.69, 9.17) is 15.2 Å². The van der Waals surface area contributed by atoms with E-state index in [1.807, 2.05) is 0 Å². The highest BCUT2D eigenvalue weighted by atomic mass is 79.9. The average molecular weight is 290 g/mol. The zero-order chi connectivity index (χ0) is 12.0. The number of nitrogens with two attached hydrogens (primary N) is 1. The first-order chi connectivity index (χ1) is 7.61. The predicted octanol–water partition coefficient (Wildman–Crippen LogP) is 1.87. The van der Waals surface area contributed by atoms with E-state index in [1.54, 1.807) is 0 Å². The van der Waals surface area contributed by atoms with Gasteiger partial charge in [-0.3, -0.25) is 0 Å². The summed E-state index contributed by atoms with van der Waals surface area (Å²) in [4.78, 5) is 7.77. The van der Waals surface area contributed by atoms with Gasteiger partial charge in [-0.15, -0.1) is 0 Å². The number of hydrogen-bond acceptors (Lipinski definition) is 5. The van der Waals surface area contributed by atoms with Gasteiger partial charge in [0, 0.05) is 6.61 Å². The van der Waals surface area contributed by atoms with Crippen molar-refractivity contribution in [1.29, 1.82) is 0 Å². The smallest absolute Gasteiger partial charge is 0.233 e. The lowest BCUT2D eigenvalue weighted by atomic mass is 10.2. The Kier molecular flexibility index (Phi) is 5.48.